The van der Waals surface area contributed by atoms with Crippen molar-refractivity contribution in [2.24, 2.45) is 10.8 Å². The predicted molar refractivity (Wildman–Crippen MR) is 112 cm³/mol. The molecule has 1 fully saturated rings. The van der Waals surface area contributed by atoms with Gasteiger partial charge in [-0.3, -0.25) is 14.4 Å². The number of amides is 1. The lowest BCUT2D eigenvalue weighted by molar-refractivity contribution is -0.174. The highest BCUT2D eigenvalue weighted by Gasteiger charge is 2.65. The van der Waals surface area contributed by atoms with Crippen LogP contribution in [0.3, 0.4) is 0 Å². The van der Waals surface area contributed by atoms with Gasteiger partial charge in [-0.15, -0.1) is 0 Å². The maximum absolute atomic E-state index is 12.8. The lowest BCUT2D eigenvalue weighted by atomic mass is 9.51. The van der Waals surface area contributed by atoms with Crippen molar-refractivity contribution in [1.82, 2.24) is 10.6 Å². The minimum absolute atomic E-state index is 0.0433. The molecule has 1 aliphatic heterocycles. The third kappa shape index (κ3) is 4.04. The lowest BCUT2D eigenvalue weighted by Crippen LogP contribution is -2.70. The van der Waals surface area contributed by atoms with Gasteiger partial charge in [-0.25, -0.2) is 0 Å². The first-order valence-electron chi connectivity index (χ1n) is 9.89. The quantitative estimate of drug-likeness (QED) is 0.324. The summed E-state index contributed by atoms with van der Waals surface area (Å²) in [5.74, 6) is -3.11. The lowest BCUT2D eigenvalue weighted by Gasteiger charge is -2.56. The van der Waals surface area contributed by atoms with Crippen molar-refractivity contribution in [3.63, 3.8) is 0 Å². The Morgan fingerprint density at radius 3 is 2.50 bits per heavy atom. The van der Waals surface area contributed by atoms with Gasteiger partial charge in [0.25, 0.3) is 0 Å². The predicted octanol–water partition coefficient (Wildman–Crippen LogP) is 2.12. The molecule has 5 atom stereocenters. The molecule has 8 nitrogen and oxygen atoms in total. The third-order valence-corrected chi connectivity index (χ3v) is 6.85. The second-order valence-electron chi connectivity index (χ2n) is 7.83. The van der Waals surface area contributed by atoms with Crippen LogP contribution in [0.25, 0.3) is 0 Å². The summed E-state index contributed by atoms with van der Waals surface area (Å²) >= 11 is 6.46. The summed E-state index contributed by atoms with van der Waals surface area (Å²) in [5, 5.41) is 26.7. The van der Waals surface area contributed by atoms with E-state index >= 15 is 0 Å². The third-order valence-electron chi connectivity index (χ3n) is 6.51. The number of nitrogens with one attached hydrogen (secondary N) is 2. The number of carbonyl (C=O) groups excluding carboxylic acids is 1. The highest BCUT2D eigenvalue weighted by molar-refractivity contribution is 6.31. The molecule has 0 spiro atoms. The van der Waals surface area contributed by atoms with Gasteiger partial charge in [-0.1, -0.05) is 36.7 Å². The van der Waals surface area contributed by atoms with Gasteiger partial charge in [-0.05, 0) is 31.9 Å². The van der Waals surface area contributed by atoms with Crippen LogP contribution in [0.15, 0.2) is 24.3 Å². The molecule has 2 rings (SSSR count). The molecule has 1 saturated heterocycles. The van der Waals surface area contributed by atoms with Crippen LogP contribution in [0.5, 0.6) is 0 Å². The summed E-state index contributed by atoms with van der Waals surface area (Å²) in [5.41, 5.74) is -2.42. The molecule has 0 saturated carbocycles. The second-order valence-corrected chi connectivity index (χ2v) is 8.24. The molecule has 1 heterocycles. The molecule has 5 unspecified atom stereocenters. The van der Waals surface area contributed by atoms with Crippen molar-refractivity contribution in [3.8, 4) is 0 Å². The van der Waals surface area contributed by atoms with Crippen molar-refractivity contribution in [2.45, 2.75) is 45.2 Å². The summed E-state index contributed by atoms with van der Waals surface area (Å²) < 4.78 is 5.65. The van der Waals surface area contributed by atoms with Gasteiger partial charge >= 0.3 is 11.9 Å². The van der Waals surface area contributed by atoms with Gasteiger partial charge < -0.3 is 25.6 Å². The van der Waals surface area contributed by atoms with E-state index < -0.39 is 40.8 Å². The highest BCUT2D eigenvalue weighted by atomic mass is 35.5. The molecule has 1 aromatic rings. The molecule has 1 aliphatic rings. The molecule has 166 valence electrons. The number of carboxylic acids is 2. The van der Waals surface area contributed by atoms with Crippen LogP contribution in [0, 0.1) is 10.8 Å². The van der Waals surface area contributed by atoms with Gasteiger partial charge in [0.1, 0.15) is 0 Å². The second kappa shape index (κ2) is 9.76. The minimum atomic E-state index is -1.48. The molecule has 9 heteroatoms. The van der Waals surface area contributed by atoms with E-state index in [2.05, 4.69) is 10.6 Å². The summed E-state index contributed by atoms with van der Waals surface area (Å²) in [6, 6.07) is 5.58. The number of rotatable bonds is 10. The van der Waals surface area contributed by atoms with Crippen LogP contribution in [0.2, 0.25) is 5.02 Å². The molecule has 1 amide bonds. The van der Waals surface area contributed by atoms with E-state index in [0.29, 0.717) is 23.5 Å². The van der Waals surface area contributed by atoms with Crippen LogP contribution < -0.4 is 10.6 Å². The maximum Gasteiger partial charge on any atom is 0.311 e. The largest absolute Gasteiger partial charge is 0.481 e. The molecule has 30 heavy (non-hydrogen) atoms. The summed E-state index contributed by atoms with van der Waals surface area (Å²) in [4.78, 5) is 35.7. The number of piperidine rings is 1. The van der Waals surface area contributed by atoms with E-state index in [1.807, 2.05) is 0 Å². The Hall–Kier alpha value is -2.16. The Morgan fingerprint density at radius 1 is 1.30 bits per heavy atom. The van der Waals surface area contributed by atoms with Crippen molar-refractivity contribution in [3.05, 3.63) is 34.9 Å². The molecule has 0 radical (unpaired) electrons. The number of halogens is 1. The molecule has 0 aliphatic carbocycles. The molecule has 4 N–H and O–H groups in total. The number of hydrogen-bond donors (Lipinski definition) is 4. The fourth-order valence-corrected chi connectivity index (χ4v) is 4.94. The van der Waals surface area contributed by atoms with Crippen LogP contribution in [0.1, 0.15) is 38.7 Å². The van der Waals surface area contributed by atoms with Gasteiger partial charge in [0.05, 0.1) is 24.0 Å². The van der Waals surface area contributed by atoms with Gasteiger partial charge in [0.15, 0.2) is 0 Å². The van der Waals surface area contributed by atoms with E-state index in [4.69, 9.17) is 16.3 Å². The molecular weight excluding hydrogens is 412 g/mol. The summed E-state index contributed by atoms with van der Waals surface area (Å²) in [6.45, 7) is 5.58. The summed E-state index contributed by atoms with van der Waals surface area (Å²) in [7, 11) is 0. The zero-order valence-electron chi connectivity index (χ0n) is 17.4. The molecule has 1 aromatic carbocycles. The van der Waals surface area contributed by atoms with Gasteiger partial charge in [0, 0.05) is 29.6 Å². The fraction of sp³-hybridized carbons (Fsp3) is 0.571. The number of benzene rings is 1. The monoisotopic (exact) mass is 440 g/mol. The van der Waals surface area contributed by atoms with Gasteiger partial charge in [0.2, 0.25) is 6.41 Å². The Bertz CT molecular complexity index is 791. The number of carbonyl (C=O) groups is 3. The van der Waals surface area contributed by atoms with Crippen molar-refractivity contribution >= 4 is 29.9 Å². The standard InChI is InChI=1S/C21H29ClN2O6/c1-4-21(19(28)29)16(11-30-10-9-23-12-25)24-13(2)20(3,18(26)27)17(21)14-7-5-6-8-15(14)22/h5-8,12-13,16-17,24H,4,9-11H2,1-3H3,(H,23,25)(H,26,27)(H,28,29). The number of carboxylic acid groups (broad SMARTS) is 2. The average molecular weight is 441 g/mol. The number of aliphatic carboxylic acids is 2. The first-order chi connectivity index (χ1) is 14.2. The van der Waals surface area contributed by atoms with E-state index in [9.17, 15) is 24.6 Å². The van der Waals surface area contributed by atoms with E-state index in [-0.39, 0.29) is 19.6 Å². The van der Waals surface area contributed by atoms with Crippen molar-refractivity contribution in [2.75, 3.05) is 19.8 Å². The summed E-state index contributed by atoms with van der Waals surface area (Å²) in [6.07, 6.45) is 0.727. The normalized spacial score (nSPS) is 31.1. The molecular formula is C21H29ClN2O6. The molecule has 0 aromatic heterocycles. The topological polar surface area (TPSA) is 125 Å². The highest BCUT2D eigenvalue weighted by Crippen LogP contribution is 2.57. The van der Waals surface area contributed by atoms with E-state index in [1.165, 1.54) is 0 Å². The van der Waals surface area contributed by atoms with Crippen LogP contribution in [0.4, 0.5) is 0 Å². The van der Waals surface area contributed by atoms with Crippen LogP contribution >= 0.6 is 11.6 Å². The van der Waals surface area contributed by atoms with E-state index in [1.54, 1.807) is 45.0 Å². The first kappa shape index (κ1) is 24.1. The SMILES string of the molecule is CCC1(C(=O)O)C(COCCNC=O)NC(C)C(C)(C(=O)O)C1c1ccccc1Cl. The van der Waals surface area contributed by atoms with E-state index in [0.717, 1.165) is 0 Å². The van der Waals surface area contributed by atoms with Crippen LogP contribution in [-0.4, -0.2) is 60.4 Å². The number of hydrogen-bond acceptors (Lipinski definition) is 5. The maximum atomic E-state index is 12.8. The molecule has 0 bridgehead atoms. The van der Waals surface area contributed by atoms with Crippen LogP contribution in [-0.2, 0) is 19.1 Å². The Kier molecular flexibility index (Phi) is 7.85. The zero-order chi connectivity index (χ0) is 22.5. The fourth-order valence-electron chi connectivity index (χ4n) is 4.69. The van der Waals surface area contributed by atoms with Crippen molar-refractivity contribution in [1.29, 1.82) is 0 Å². The Labute approximate surface area is 180 Å². The van der Waals surface area contributed by atoms with Gasteiger partial charge in [-0.2, -0.15) is 0 Å². The zero-order valence-corrected chi connectivity index (χ0v) is 18.1. The first-order valence-corrected chi connectivity index (χ1v) is 10.3. The Balaban J connectivity index is 2.61. The smallest absolute Gasteiger partial charge is 0.311 e. The van der Waals surface area contributed by atoms with Crippen molar-refractivity contribution < 1.29 is 29.3 Å². The minimum Gasteiger partial charge on any atom is -0.481 e. The number of ether oxygens (including phenoxy) is 1. The average Bonchev–Trinajstić information content (AvgIpc) is 2.70. The Morgan fingerprint density at radius 2 is 1.97 bits per heavy atom.